The first-order chi connectivity index (χ1) is 13.5. The van der Waals surface area contributed by atoms with Crippen LogP contribution in [0.1, 0.15) is 27.7 Å². The van der Waals surface area contributed by atoms with Gasteiger partial charge in [0.05, 0.1) is 6.10 Å². The van der Waals surface area contributed by atoms with Gasteiger partial charge in [0.25, 0.3) is 0 Å². The van der Waals surface area contributed by atoms with Crippen LogP contribution < -0.4 is 5.32 Å². The van der Waals surface area contributed by atoms with E-state index in [1.54, 1.807) is 0 Å². The smallest absolute Gasteiger partial charge is 0.303 e. The van der Waals surface area contributed by atoms with Crippen LogP contribution in [-0.4, -0.2) is 83.1 Å². The number of thioether (sulfide) groups is 1. The number of nitrogens with one attached hydrogen (secondary N) is 1. The maximum Gasteiger partial charge on any atom is 0.303 e. The van der Waals surface area contributed by atoms with Crippen molar-refractivity contribution in [1.29, 1.82) is 0 Å². The van der Waals surface area contributed by atoms with Gasteiger partial charge in [0.2, 0.25) is 5.91 Å². The number of amides is 1. The summed E-state index contributed by atoms with van der Waals surface area (Å²) in [5.74, 6) is -2.20. The van der Waals surface area contributed by atoms with Crippen LogP contribution in [-0.2, 0) is 38.1 Å². The van der Waals surface area contributed by atoms with Crippen LogP contribution in [0.25, 0.3) is 0 Å². The Labute approximate surface area is 177 Å². The molecule has 1 rings (SSSR count). The van der Waals surface area contributed by atoms with Gasteiger partial charge in [-0.2, -0.15) is 0 Å². The molecule has 10 nitrogen and oxygen atoms in total. The highest BCUT2D eigenvalue weighted by atomic mass is 35.5. The second-order valence-electron chi connectivity index (χ2n) is 6.36. The van der Waals surface area contributed by atoms with Crippen LogP contribution in [0.4, 0.5) is 0 Å². The molecule has 2 N–H and O–H groups in total. The Bertz CT molecular complexity index is 605. The molecule has 0 radical (unpaired) electrons. The minimum absolute atomic E-state index is 0.00908. The minimum atomic E-state index is -1.14. The molecule has 0 aromatic heterocycles. The van der Waals surface area contributed by atoms with Crippen molar-refractivity contribution in [3.05, 3.63) is 0 Å². The highest BCUT2D eigenvalue weighted by Crippen LogP contribution is 2.33. The Morgan fingerprint density at radius 2 is 1.66 bits per heavy atom. The summed E-state index contributed by atoms with van der Waals surface area (Å²) < 4.78 is 21.6. The van der Waals surface area contributed by atoms with Crippen LogP contribution in [0, 0.1) is 0 Å². The Balaban J connectivity index is 3.24. The number of ether oxygens (including phenoxy) is 4. The van der Waals surface area contributed by atoms with Gasteiger partial charge in [-0.25, -0.2) is 0 Å². The molecule has 0 bridgehead atoms. The van der Waals surface area contributed by atoms with E-state index in [1.807, 2.05) is 0 Å². The Hall–Kier alpha value is -1.56. The van der Waals surface area contributed by atoms with E-state index in [0.717, 1.165) is 11.8 Å². The summed E-state index contributed by atoms with van der Waals surface area (Å²) in [5.41, 5.74) is -0.812. The first-order valence-electron chi connectivity index (χ1n) is 8.81. The number of carbonyl (C=O) groups is 4. The summed E-state index contributed by atoms with van der Waals surface area (Å²) in [7, 11) is 0. The second-order valence-corrected chi connectivity index (χ2v) is 7.80. The molecule has 0 spiro atoms. The van der Waals surface area contributed by atoms with Gasteiger partial charge in [-0.1, -0.05) is 0 Å². The molecule has 0 saturated carbocycles. The van der Waals surface area contributed by atoms with Crippen molar-refractivity contribution >= 4 is 47.2 Å². The number of rotatable bonds is 9. The third-order valence-electron chi connectivity index (χ3n) is 3.70. The third-order valence-corrected chi connectivity index (χ3v) is 5.37. The van der Waals surface area contributed by atoms with Crippen LogP contribution in [0.5, 0.6) is 0 Å². The number of hydrogen-bond acceptors (Lipinski definition) is 10. The van der Waals surface area contributed by atoms with Gasteiger partial charge < -0.3 is 29.4 Å². The van der Waals surface area contributed by atoms with E-state index in [0.29, 0.717) is 0 Å². The maximum absolute atomic E-state index is 11.7. The van der Waals surface area contributed by atoms with Crippen molar-refractivity contribution in [1.82, 2.24) is 5.32 Å². The normalized spacial score (nSPS) is 27.4. The molecule has 0 aromatic carbocycles. The lowest BCUT2D eigenvalue weighted by molar-refractivity contribution is -0.211. The number of esters is 3. The van der Waals surface area contributed by atoms with Gasteiger partial charge in [0.1, 0.15) is 24.2 Å². The predicted molar refractivity (Wildman–Crippen MR) is 103 cm³/mol. The Morgan fingerprint density at radius 3 is 2.14 bits per heavy atom. The zero-order valence-electron chi connectivity index (χ0n) is 16.6. The molecular formula is C17H26ClNO9S. The lowest BCUT2D eigenvalue weighted by Gasteiger charge is -2.45. The summed E-state index contributed by atoms with van der Waals surface area (Å²) in [6.07, 6.45) is -4.06. The topological polar surface area (TPSA) is 137 Å². The van der Waals surface area contributed by atoms with Gasteiger partial charge in [-0.15, -0.1) is 23.4 Å². The van der Waals surface area contributed by atoms with E-state index in [4.69, 9.17) is 30.5 Å². The molecular weight excluding hydrogens is 430 g/mol. The summed E-state index contributed by atoms with van der Waals surface area (Å²) >= 11 is 6.75. The minimum Gasteiger partial charge on any atom is -0.463 e. The second kappa shape index (κ2) is 12.2. The van der Waals surface area contributed by atoms with Crippen LogP contribution in [0.15, 0.2) is 0 Å². The van der Waals surface area contributed by atoms with E-state index >= 15 is 0 Å². The quantitative estimate of drug-likeness (QED) is 0.277. The summed E-state index contributed by atoms with van der Waals surface area (Å²) in [4.78, 5) is 46.3. The van der Waals surface area contributed by atoms with Crippen molar-refractivity contribution in [2.75, 3.05) is 18.2 Å². The Morgan fingerprint density at radius 1 is 1.07 bits per heavy atom. The summed E-state index contributed by atoms with van der Waals surface area (Å²) in [6.45, 7) is 4.54. The average Bonchev–Trinajstić information content (AvgIpc) is 2.60. The maximum atomic E-state index is 11.7. The fraction of sp³-hybridized carbons (Fsp3) is 0.765. The molecule has 1 saturated heterocycles. The van der Waals surface area contributed by atoms with Crippen molar-refractivity contribution in [3.63, 3.8) is 0 Å². The van der Waals surface area contributed by atoms with E-state index in [-0.39, 0.29) is 18.2 Å². The molecule has 12 heteroatoms. The lowest BCUT2D eigenvalue weighted by Crippen LogP contribution is -2.65. The van der Waals surface area contributed by atoms with Gasteiger partial charge >= 0.3 is 17.9 Å². The van der Waals surface area contributed by atoms with Crippen LogP contribution >= 0.6 is 23.4 Å². The molecule has 166 valence electrons. The standard InChI is InChI=1S/C17H26ClNO9S/c1-8(20)19-14-16(27-11(4)23)15(26-10(3)22)13(6-25-9(2)21)28-17(14)29-7-12(24)5-18/h12-17,24H,5-7H2,1-4H3,(H,19,20). The molecule has 6 unspecified atom stereocenters. The van der Waals surface area contributed by atoms with E-state index in [9.17, 15) is 24.3 Å². The Kier molecular flexibility index (Phi) is 10.7. The number of halogens is 1. The molecule has 1 heterocycles. The number of alkyl halides is 1. The number of aliphatic hydroxyl groups is 1. The first kappa shape index (κ1) is 25.5. The monoisotopic (exact) mass is 455 g/mol. The molecule has 0 aliphatic carbocycles. The molecule has 1 aliphatic rings. The molecule has 1 aliphatic heterocycles. The van der Waals surface area contributed by atoms with Crippen molar-refractivity contribution < 1.29 is 43.2 Å². The van der Waals surface area contributed by atoms with E-state index in [1.165, 1.54) is 27.7 Å². The van der Waals surface area contributed by atoms with Gasteiger partial charge in [-0.05, 0) is 0 Å². The third kappa shape index (κ3) is 8.77. The highest BCUT2D eigenvalue weighted by Gasteiger charge is 2.50. The largest absolute Gasteiger partial charge is 0.463 e. The first-order valence-corrected chi connectivity index (χ1v) is 10.4. The molecule has 1 amide bonds. The fourth-order valence-electron chi connectivity index (χ4n) is 2.68. The van der Waals surface area contributed by atoms with Crippen LogP contribution in [0.2, 0.25) is 0 Å². The fourth-order valence-corrected chi connectivity index (χ4v) is 4.10. The molecule has 1 fully saturated rings. The van der Waals surface area contributed by atoms with Gasteiger partial charge in [0.15, 0.2) is 12.2 Å². The van der Waals surface area contributed by atoms with Crippen molar-refractivity contribution in [2.24, 2.45) is 0 Å². The van der Waals surface area contributed by atoms with Crippen LogP contribution in [0.3, 0.4) is 0 Å². The van der Waals surface area contributed by atoms with Crippen molar-refractivity contribution in [3.8, 4) is 0 Å². The molecule has 29 heavy (non-hydrogen) atoms. The summed E-state index contributed by atoms with van der Waals surface area (Å²) in [6, 6.07) is -0.901. The lowest BCUT2D eigenvalue weighted by atomic mass is 9.97. The number of hydrogen-bond donors (Lipinski definition) is 2. The summed E-state index contributed by atoms with van der Waals surface area (Å²) in [5, 5.41) is 12.4. The molecule has 6 atom stereocenters. The van der Waals surface area contributed by atoms with Crippen molar-refractivity contribution in [2.45, 2.75) is 63.6 Å². The SMILES string of the molecule is CC(=O)NC1C(SCC(O)CCl)OC(COC(C)=O)C(OC(C)=O)C1OC(C)=O. The predicted octanol–water partition coefficient (Wildman–Crippen LogP) is -0.0246. The van der Waals surface area contributed by atoms with E-state index < -0.39 is 59.7 Å². The van der Waals surface area contributed by atoms with Gasteiger partial charge in [0, 0.05) is 39.3 Å². The molecule has 0 aromatic rings. The average molecular weight is 456 g/mol. The number of aliphatic hydroxyl groups excluding tert-OH is 1. The highest BCUT2D eigenvalue weighted by molar-refractivity contribution is 7.99. The zero-order valence-corrected chi connectivity index (χ0v) is 18.2. The van der Waals surface area contributed by atoms with E-state index in [2.05, 4.69) is 5.32 Å². The number of carbonyl (C=O) groups excluding carboxylic acids is 4. The zero-order chi connectivity index (χ0) is 22.1. The van der Waals surface area contributed by atoms with Gasteiger partial charge in [-0.3, -0.25) is 19.2 Å².